The molecule has 1 aliphatic heterocycles. The standard InChI is InChI=1S/C21H24N6O3/c1-2-15-10-17-18(25-20(15)28)9-14(11-23-17)13-26-5-7-27(8-6-26)16-3-4-19(24-12-16)30-21(22)29/h3-4,9-12H,2,5-8,13H2,1H3,(H2,22,29)(H,25,28). The number of nitrogens with zero attached hydrogens (tertiary/aromatic N) is 4. The molecule has 1 amide bonds. The first-order valence-electron chi connectivity index (χ1n) is 9.93. The molecule has 0 aliphatic carbocycles. The number of ether oxygens (including phenoxy) is 1. The second-order valence-electron chi connectivity index (χ2n) is 7.29. The van der Waals surface area contributed by atoms with Crippen LogP contribution in [0, 0.1) is 0 Å². The van der Waals surface area contributed by atoms with E-state index in [1.54, 1.807) is 12.3 Å². The van der Waals surface area contributed by atoms with E-state index in [0.717, 1.165) is 60.6 Å². The molecule has 0 unspecified atom stereocenters. The number of aromatic amines is 1. The molecule has 156 valence electrons. The Hall–Kier alpha value is -3.46. The molecule has 30 heavy (non-hydrogen) atoms. The van der Waals surface area contributed by atoms with Gasteiger partial charge in [-0.15, -0.1) is 0 Å². The van der Waals surface area contributed by atoms with Gasteiger partial charge in [0.1, 0.15) is 0 Å². The van der Waals surface area contributed by atoms with E-state index in [0.29, 0.717) is 6.42 Å². The number of hydrogen-bond donors (Lipinski definition) is 2. The number of pyridine rings is 3. The average molecular weight is 408 g/mol. The maximum atomic E-state index is 12.1. The topological polar surface area (TPSA) is 117 Å². The molecule has 0 spiro atoms. The number of amides is 1. The number of H-pyrrole nitrogens is 1. The average Bonchev–Trinajstić information content (AvgIpc) is 2.74. The van der Waals surface area contributed by atoms with Crippen molar-refractivity contribution in [2.24, 2.45) is 5.73 Å². The number of rotatable bonds is 5. The minimum absolute atomic E-state index is 0.0431. The summed E-state index contributed by atoms with van der Waals surface area (Å²) in [7, 11) is 0. The molecule has 0 atom stereocenters. The van der Waals surface area contributed by atoms with Crippen LogP contribution in [0.15, 0.2) is 41.5 Å². The summed E-state index contributed by atoms with van der Waals surface area (Å²) in [5.41, 5.74) is 9.35. The van der Waals surface area contributed by atoms with Crippen LogP contribution in [-0.4, -0.2) is 52.1 Å². The van der Waals surface area contributed by atoms with Crippen molar-refractivity contribution in [3.63, 3.8) is 0 Å². The van der Waals surface area contributed by atoms with Gasteiger partial charge in [-0.05, 0) is 30.2 Å². The highest BCUT2D eigenvalue weighted by atomic mass is 16.6. The van der Waals surface area contributed by atoms with Gasteiger partial charge in [-0.2, -0.15) is 0 Å². The Morgan fingerprint density at radius 2 is 1.97 bits per heavy atom. The van der Waals surface area contributed by atoms with Gasteiger partial charge in [-0.25, -0.2) is 9.78 Å². The van der Waals surface area contributed by atoms with Crippen LogP contribution in [0.4, 0.5) is 10.5 Å². The van der Waals surface area contributed by atoms with Gasteiger partial charge in [0.05, 0.1) is 22.9 Å². The Kier molecular flexibility index (Phi) is 5.62. The molecule has 1 fully saturated rings. The summed E-state index contributed by atoms with van der Waals surface area (Å²) in [5, 5.41) is 0. The highest BCUT2D eigenvalue weighted by molar-refractivity contribution is 5.74. The van der Waals surface area contributed by atoms with Crippen molar-refractivity contribution < 1.29 is 9.53 Å². The van der Waals surface area contributed by atoms with Gasteiger partial charge in [-0.1, -0.05) is 6.92 Å². The molecule has 1 aliphatic rings. The lowest BCUT2D eigenvalue weighted by molar-refractivity contribution is 0.209. The van der Waals surface area contributed by atoms with E-state index in [9.17, 15) is 9.59 Å². The van der Waals surface area contributed by atoms with Crippen LogP contribution < -0.4 is 20.9 Å². The van der Waals surface area contributed by atoms with E-state index in [1.165, 1.54) is 0 Å². The minimum atomic E-state index is -0.873. The van der Waals surface area contributed by atoms with Gasteiger partial charge in [0, 0.05) is 50.6 Å². The van der Waals surface area contributed by atoms with Gasteiger partial charge in [0.2, 0.25) is 5.88 Å². The summed E-state index contributed by atoms with van der Waals surface area (Å²) in [6, 6.07) is 7.38. The summed E-state index contributed by atoms with van der Waals surface area (Å²) >= 11 is 0. The quantitative estimate of drug-likeness (QED) is 0.659. The molecule has 3 aromatic rings. The van der Waals surface area contributed by atoms with Gasteiger partial charge < -0.3 is 20.4 Å². The van der Waals surface area contributed by atoms with E-state index in [2.05, 4.69) is 24.8 Å². The lowest BCUT2D eigenvalue weighted by Crippen LogP contribution is -2.46. The van der Waals surface area contributed by atoms with Crippen molar-refractivity contribution in [1.82, 2.24) is 19.9 Å². The highest BCUT2D eigenvalue weighted by Crippen LogP contribution is 2.19. The number of primary amides is 1. The first-order chi connectivity index (χ1) is 14.5. The lowest BCUT2D eigenvalue weighted by Gasteiger charge is -2.35. The Morgan fingerprint density at radius 1 is 1.17 bits per heavy atom. The fraction of sp³-hybridized carbons (Fsp3) is 0.333. The Bertz CT molecular complexity index is 1100. The first kappa shape index (κ1) is 19.8. The van der Waals surface area contributed by atoms with Crippen LogP contribution in [0.3, 0.4) is 0 Å². The second-order valence-corrected chi connectivity index (χ2v) is 7.29. The molecule has 0 aromatic carbocycles. The SMILES string of the molecule is CCc1cc2ncc(CN3CCN(c4ccc(OC(N)=O)nc4)CC3)cc2[nH]c1=O. The van der Waals surface area contributed by atoms with Crippen LogP contribution in [0.2, 0.25) is 0 Å². The van der Waals surface area contributed by atoms with Crippen molar-refractivity contribution in [3.05, 3.63) is 58.1 Å². The van der Waals surface area contributed by atoms with Crippen molar-refractivity contribution in [2.45, 2.75) is 19.9 Å². The summed E-state index contributed by atoms with van der Waals surface area (Å²) in [6.07, 6.45) is 3.38. The summed E-state index contributed by atoms with van der Waals surface area (Å²) in [6.45, 7) is 6.23. The highest BCUT2D eigenvalue weighted by Gasteiger charge is 2.18. The fourth-order valence-electron chi connectivity index (χ4n) is 3.66. The zero-order chi connectivity index (χ0) is 21.1. The van der Waals surface area contributed by atoms with E-state index >= 15 is 0 Å². The van der Waals surface area contributed by atoms with Gasteiger partial charge in [0.25, 0.3) is 5.56 Å². The Morgan fingerprint density at radius 3 is 2.63 bits per heavy atom. The van der Waals surface area contributed by atoms with Gasteiger partial charge >= 0.3 is 6.09 Å². The third-order valence-electron chi connectivity index (χ3n) is 5.28. The maximum Gasteiger partial charge on any atom is 0.411 e. The molecule has 4 rings (SSSR count). The molecule has 1 saturated heterocycles. The zero-order valence-electron chi connectivity index (χ0n) is 16.8. The molecule has 0 saturated carbocycles. The van der Waals surface area contributed by atoms with Crippen molar-refractivity contribution in [1.29, 1.82) is 0 Å². The predicted molar refractivity (Wildman–Crippen MR) is 114 cm³/mol. The zero-order valence-corrected chi connectivity index (χ0v) is 16.8. The number of fused-ring (bicyclic) bond motifs is 1. The number of carbonyl (C=O) groups is 1. The number of piperazine rings is 1. The molecular weight excluding hydrogens is 384 g/mol. The second kappa shape index (κ2) is 8.50. The maximum absolute atomic E-state index is 12.1. The van der Waals surface area contributed by atoms with E-state index in [1.807, 2.05) is 31.3 Å². The number of anilines is 1. The molecule has 0 radical (unpaired) electrons. The van der Waals surface area contributed by atoms with E-state index in [-0.39, 0.29) is 11.4 Å². The number of nitrogens with two attached hydrogens (primary N) is 1. The normalized spacial score (nSPS) is 14.8. The number of carbonyl (C=O) groups excluding carboxylic acids is 1. The van der Waals surface area contributed by atoms with Crippen molar-refractivity contribution in [2.75, 3.05) is 31.1 Å². The van der Waals surface area contributed by atoms with E-state index < -0.39 is 6.09 Å². The summed E-state index contributed by atoms with van der Waals surface area (Å²) < 4.78 is 4.76. The lowest BCUT2D eigenvalue weighted by atomic mass is 10.1. The smallest absolute Gasteiger partial charge is 0.391 e. The largest absolute Gasteiger partial charge is 0.411 e. The van der Waals surface area contributed by atoms with Crippen molar-refractivity contribution >= 4 is 22.8 Å². The minimum Gasteiger partial charge on any atom is -0.391 e. The number of aryl methyl sites for hydroxylation is 1. The monoisotopic (exact) mass is 408 g/mol. The summed E-state index contributed by atoms with van der Waals surface area (Å²) in [4.78, 5) is 39.0. The molecule has 3 aromatic heterocycles. The molecule has 4 heterocycles. The Labute approximate surface area is 173 Å². The third-order valence-corrected chi connectivity index (χ3v) is 5.28. The number of hydrogen-bond acceptors (Lipinski definition) is 7. The molecular formula is C21H24N6O3. The number of nitrogens with one attached hydrogen (secondary N) is 1. The van der Waals surface area contributed by atoms with Gasteiger partial charge in [-0.3, -0.25) is 14.7 Å². The van der Waals surface area contributed by atoms with Crippen LogP contribution in [-0.2, 0) is 13.0 Å². The van der Waals surface area contributed by atoms with E-state index in [4.69, 9.17) is 10.5 Å². The molecule has 0 bridgehead atoms. The first-order valence-corrected chi connectivity index (χ1v) is 9.93. The summed E-state index contributed by atoms with van der Waals surface area (Å²) in [5.74, 6) is 0.192. The van der Waals surface area contributed by atoms with Crippen LogP contribution in [0.5, 0.6) is 5.88 Å². The fourth-order valence-corrected chi connectivity index (χ4v) is 3.66. The number of aromatic nitrogens is 3. The third kappa shape index (κ3) is 4.41. The Balaban J connectivity index is 1.37. The molecule has 9 heteroatoms. The molecule has 3 N–H and O–H groups in total. The van der Waals surface area contributed by atoms with Gasteiger partial charge in [0.15, 0.2) is 0 Å². The van der Waals surface area contributed by atoms with Crippen LogP contribution >= 0.6 is 0 Å². The van der Waals surface area contributed by atoms with Crippen molar-refractivity contribution in [3.8, 4) is 5.88 Å². The molecule has 9 nitrogen and oxygen atoms in total. The predicted octanol–water partition coefficient (Wildman–Crippen LogP) is 1.66. The van der Waals surface area contributed by atoms with Crippen LogP contribution in [0.1, 0.15) is 18.1 Å². The van der Waals surface area contributed by atoms with Crippen LogP contribution in [0.25, 0.3) is 11.0 Å².